The van der Waals surface area contributed by atoms with E-state index in [1.807, 2.05) is 29.2 Å². The molecule has 256 valence electrons. The molecule has 48 heavy (non-hydrogen) atoms. The van der Waals surface area contributed by atoms with Gasteiger partial charge in [0.15, 0.2) is 11.5 Å². The van der Waals surface area contributed by atoms with E-state index < -0.39 is 47.0 Å². The van der Waals surface area contributed by atoms with Gasteiger partial charge in [0, 0.05) is 20.1 Å². The number of nitrogens with one attached hydrogen (secondary N) is 2. The van der Waals surface area contributed by atoms with Crippen LogP contribution < -0.4 is 20.3 Å². The van der Waals surface area contributed by atoms with Gasteiger partial charge in [-0.05, 0) is 63.4 Å². The molecule has 3 heterocycles. The van der Waals surface area contributed by atoms with Gasteiger partial charge in [-0.3, -0.25) is 14.8 Å². The van der Waals surface area contributed by atoms with Gasteiger partial charge >= 0.3 is 6.09 Å². The fourth-order valence-electron chi connectivity index (χ4n) is 5.23. The third-order valence-electron chi connectivity index (χ3n) is 7.52. The number of hydrogen-bond acceptors (Lipinski definition) is 10. The molecule has 0 aliphatic carbocycles. The minimum Gasteiger partial charge on any atom is -0.497 e. The molecule has 0 saturated carbocycles. The third kappa shape index (κ3) is 8.27. The van der Waals surface area contributed by atoms with Gasteiger partial charge in [0.25, 0.3) is 5.91 Å². The lowest BCUT2D eigenvalue weighted by atomic mass is 10.1. The van der Waals surface area contributed by atoms with Crippen molar-refractivity contribution in [3.63, 3.8) is 0 Å². The summed E-state index contributed by atoms with van der Waals surface area (Å²) in [5, 5.41) is 20.3. The number of aryl methyl sites for hydroxylation is 1. The predicted octanol–water partition coefficient (Wildman–Crippen LogP) is 5.98. The van der Waals surface area contributed by atoms with E-state index in [9.17, 15) is 23.5 Å². The molecule has 4 aromatic rings. The normalized spacial score (nSPS) is 16.7. The second-order valence-corrected chi connectivity index (χ2v) is 13.2. The molecule has 0 spiro atoms. The van der Waals surface area contributed by atoms with Crippen LogP contribution in [0.15, 0.2) is 48.7 Å². The second kappa shape index (κ2) is 14.7. The van der Waals surface area contributed by atoms with Crippen LogP contribution in [0, 0.1) is 11.6 Å². The average molecular weight is 685 g/mol. The zero-order valence-electron chi connectivity index (χ0n) is 27.3. The molecule has 5 rings (SSSR count). The van der Waals surface area contributed by atoms with Crippen molar-refractivity contribution in [2.75, 3.05) is 35.7 Å². The number of nitrogens with zero attached hydrogens (tertiary/aromatic N) is 4. The highest BCUT2D eigenvalue weighted by Gasteiger charge is 2.30. The zero-order valence-corrected chi connectivity index (χ0v) is 28.1. The number of anilines is 3. The first-order valence-corrected chi connectivity index (χ1v) is 16.1. The molecule has 12 nitrogen and oxygen atoms in total. The lowest BCUT2D eigenvalue weighted by Gasteiger charge is -2.24. The summed E-state index contributed by atoms with van der Waals surface area (Å²) in [5.41, 5.74) is -0.254. The molecule has 1 fully saturated rings. The van der Waals surface area contributed by atoms with Gasteiger partial charge in [-0.15, -0.1) is 0 Å². The van der Waals surface area contributed by atoms with E-state index in [-0.39, 0.29) is 15.7 Å². The van der Waals surface area contributed by atoms with Crippen molar-refractivity contribution in [1.82, 2.24) is 14.8 Å². The van der Waals surface area contributed by atoms with Gasteiger partial charge in [0.2, 0.25) is 0 Å². The Morgan fingerprint density at radius 3 is 2.42 bits per heavy atom. The standard InChI is InChI=1S/C33H38F2N6O6S/c1-33(2,3)47-32(44)39-30-27(38-29(48-30)26-21(34)7-6-8-22(26)35)28(43)37-23-17-36-40(4)31(23)41-15-13-24(42)25(14-16-41)46-18-19-9-11-20(45-5)12-10-19/h6-12,17,24-25,42H,13-16,18H2,1-5H3,(H,37,43)(H,39,44). The van der Waals surface area contributed by atoms with Crippen LogP contribution in [0.1, 0.15) is 49.7 Å². The number of benzene rings is 2. The molecule has 1 saturated heterocycles. The maximum absolute atomic E-state index is 14.7. The number of carbonyl (C=O) groups is 2. The maximum Gasteiger partial charge on any atom is 0.412 e. The number of halogens is 2. The molecule has 2 aromatic carbocycles. The van der Waals surface area contributed by atoms with Crippen LogP contribution in [0.25, 0.3) is 10.6 Å². The summed E-state index contributed by atoms with van der Waals surface area (Å²) in [6, 6.07) is 10.9. The Balaban J connectivity index is 1.34. The number of ether oxygens (including phenoxy) is 3. The SMILES string of the molecule is COc1ccc(COC2CCN(c3c(NC(=O)c4nc(-c5c(F)cccc5F)sc4NC(=O)OC(C)(C)C)cnn3C)CCC2O)cc1. The van der Waals surface area contributed by atoms with E-state index in [0.29, 0.717) is 44.0 Å². The van der Waals surface area contributed by atoms with E-state index in [0.717, 1.165) is 34.8 Å². The Kier molecular flexibility index (Phi) is 10.6. The van der Waals surface area contributed by atoms with Gasteiger partial charge in [-0.25, -0.2) is 18.6 Å². The van der Waals surface area contributed by atoms with Gasteiger partial charge in [0.05, 0.1) is 37.7 Å². The number of hydrogen-bond donors (Lipinski definition) is 3. The summed E-state index contributed by atoms with van der Waals surface area (Å²) in [6.45, 7) is 6.29. The lowest BCUT2D eigenvalue weighted by Crippen LogP contribution is -2.29. The van der Waals surface area contributed by atoms with E-state index in [2.05, 4.69) is 20.7 Å². The van der Waals surface area contributed by atoms with Crippen LogP contribution in [0.2, 0.25) is 0 Å². The lowest BCUT2D eigenvalue weighted by molar-refractivity contribution is -0.0461. The average Bonchev–Trinajstić information content (AvgIpc) is 3.54. The summed E-state index contributed by atoms with van der Waals surface area (Å²) in [4.78, 5) is 32.6. The minimum absolute atomic E-state index is 0.0559. The summed E-state index contributed by atoms with van der Waals surface area (Å²) in [7, 11) is 3.33. The fourth-order valence-corrected chi connectivity index (χ4v) is 6.23. The summed E-state index contributed by atoms with van der Waals surface area (Å²) >= 11 is 0.737. The van der Waals surface area contributed by atoms with Crippen molar-refractivity contribution in [2.24, 2.45) is 7.05 Å². The molecule has 1 aliphatic heterocycles. The highest BCUT2D eigenvalue weighted by molar-refractivity contribution is 7.19. The monoisotopic (exact) mass is 684 g/mol. The van der Waals surface area contributed by atoms with Gasteiger partial charge in [-0.2, -0.15) is 5.10 Å². The molecule has 2 atom stereocenters. The van der Waals surface area contributed by atoms with Gasteiger partial charge in [-0.1, -0.05) is 29.5 Å². The van der Waals surface area contributed by atoms with Crippen molar-refractivity contribution in [3.05, 3.63) is 71.6 Å². The van der Waals surface area contributed by atoms with Crippen molar-refractivity contribution in [3.8, 4) is 16.3 Å². The Hall–Kier alpha value is -4.60. The van der Waals surface area contributed by atoms with Crippen LogP contribution in [0.3, 0.4) is 0 Å². The van der Waals surface area contributed by atoms with Crippen LogP contribution in [0.5, 0.6) is 5.75 Å². The number of amides is 2. The molecule has 1 aliphatic rings. The molecule has 2 amide bonds. The molecular formula is C33H38F2N6O6S. The van der Waals surface area contributed by atoms with Crippen LogP contribution in [-0.2, 0) is 23.1 Å². The number of methoxy groups -OCH3 is 1. The van der Waals surface area contributed by atoms with E-state index in [1.54, 1.807) is 39.6 Å². The van der Waals surface area contributed by atoms with Gasteiger partial charge in [0.1, 0.15) is 38.7 Å². The maximum atomic E-state index is 14.7. The summed E-state index contributed by atoms with van der Waals surface area (Å²) in [6.07, 6.45) is 0.375. The highest BCUT2D eigenvalue weighted by Crippen LogP contribution is 2.36. The Bertz CT molecular complexity index is 1740. The smallest absolute Gasteiger partial charge is 0.412 e. The molecular weight excluding hydrogens is 646 g/mol. The van der Waals surface area contributed by atoms with Crippen LogP contribution in [0.4, 0.5) is 30.1 Å². The zero-order chi connectivity index (χ0) is 34.6. The largest absolute Gasteiger partial charge is 0.497 e. The Morgan fingerprint density at radius 1 is 1.06 bits per heavy atom. The van der Waals surface area contributed by atoms with Crippen molar-refractivity contribution >= 4 is 39.8 Å². The minimum atomic E-state index is -0.872. The topological polar surface area (TPSA) is 140 Å². The van der Waals surface area contributed by atoms with E-state index in [1.165, 1.54) is 12.3 Å². The van der Waals surface area contributed by atoms with Crippen molar-refractivity contribution in [2.45, 2.75) is 58.0 Å². The molecule has 15 heteroatoms. The number of aliphatic hydroxyl groups excluding tert-OH is 1. The number of carbonyl (C=O) groups excluding carboxylic acids is 2. The number of thiazole rings is 1. The van der Waals surface area contributed by atoms with Crippen LogP contribution in [-0.4, -0.2) is 69.9 Å². The molecule has 0 bridgehead atoms. The second-order valence-electron chi connectivity index (χ2n) is 12.2. The third-order valence-corrected chi connectivity index (χ3v) is 8.51. The van der Waals surface area contributed by atoms with Crippen LogP contribution >= 0.6 is 11.3 Å². The first-order valence-electron chi connectivity index (χ1n) is 15.3. The van der Waals surface area contributed by atoms with Crippen molar-refractivity contribution in [1.29, 1.82) is 0 Å². The molecule has 3 N–H and O–H groups in total. The quantitative estimate of drug-likeness (QED) is 0.194. The van der Waals surface area contributed by atoms with Gasteiger partial charge < -0.3 is 29.5 Å². The van der Waals surface area contributed by atoms with E-state index in [4.69, 9.17) is 14.2 Å². The molecule has 0 radical (unpaired) electrons. The molecule has 2 unspecified atom stereocenters. The fraction of sp³-hybridized carbons (Fsp3) is 0.394. The Morgan fingerprint density at radius 2 is 1.75 bits per heavy atom. The summed E-state index contributed by atoms with van der Waals surface area (Å²) < 4.78 is 47.6. The highest BCUT2D eigenvalue weighted by atomic mass is 32.1. The molecule has 2 aromatic heterocycles. The first-order chi connectivity index (χ1) is 22.8. The number of aliphatic hydroxyl groups is 1. The van der Waals surface area contributed by atoms with Crippen molar-refractivity contribution < 1.29 is 37.7 Å². The van der Waals surface area contributed by atoms with E-state index >= 15 is 0 Å². The number of rotatable bonds is 9. The first kappa shape index (κ1) is 34.7. The number of aromatic nitrogens is 3. The predicted molar refractivity (Wildman–Crippen MR) is 178 cm³/mol. The summed E-state index contributed by atoms with van der Waals surface area (Å²) in [5.74, 6) is -1.17. The Labute approximate surface area is 280 Å².